The number of esters is 1. The van der Waals surface area contributed by atoms with Crippen molar-refractivity contribution in [1.29, 1.82) is 0 Å². The Morgan fingerprint density at radius 2 is 1.65 bits per heavy atom. The zero-order valence-electron chi connectivity index (χ0n) is 17.7. The van der Waals surface area contributed by atoms with Gasteiger partial charge in [0, 0.05) is 12.7 Å². The molecule has 166 valence electrons. The third kappa shape index (κ3) is 7.34. The number of hydrogen-bond donors (Lipinski definition) is 1. The summed E-state index contributed by atoms with van der Waals surface area (Å²) in [6.07, 6.45) is 3.12. The van der Waals surface area contributed by atoms with Crippen molar-refractivity contribution in [2.45, 2.75) is 44.8 Å². The van der Waals surface area contributed by atoms with E-state index < -0.39 is 31.4 Å². The molecule has 31 heavy (non-hydrogen) atoms. The van der Waals surface area contributed by atoms with Gasteiger partial charge in [-0.1, -0.05) is 60.7 Å². The number of carbonyl (C=O) groups excluding carboxylic acids is 2. The molecule has 1 amide bonds. The van der Waals surface area contributed by atoms with E-state index in [1.807, 2.05) is 60.7 Å². The molecule has 1 heterocycles. The minimum Gasteiger partial charge on any atom is -0.459 e. The number of unbranched alkanes of at least 4 members (excludes halogenated alkanes) is 1. The van der Waals surface area contributed by atoms with E-state index in [1.54, 1.807) is 0 Å². The van der Waals surface area contributed by atoms with Crippen LogP contribution in [0, 0.1) is 0 Å². The van der Waals surface area contributed by atoms with Crippen LogP contribution >= 0.6 is 7.37 Å². The fraction of sp³-hybridized carbons (Fsp3) is 0.417. The van der Waals surface area contributed by atoms with E-state index in [2.05, 4.69) is 0 Å². The van der Waals surface area contributed by atoms with E-state index in [-0.39, 0.29) is 12.8 Å². The van der Waals surface area contributed by atoms with Crippen molar-refractivity contribution in [2.24, 2.45) is 0 Å². The van der Waals surface area contributed by atoms with Gasteiger partial charge in [0.15, 0.2) is 0 Å². The maximum Gasteiger partial charge on any atom is 0.329 e. The van der Waals surface area contributed by atoms with Crippen molar-refractivity contribution < 1.29 is 23.8 Å². The highest BCUT2D eigenvalue weighted by molar-refractivity contribution is 7.58. The molecule has 1 saturated heterocycles. The second kappa shape index (κ2) is 11.3. The van der Waals surface area contributed by atoms with Crippen LogP contribution in [0.4, 0.5) is 0 Å². The average molecular weight is 443 g/mol. The summed E-state index contributed by atoms with van der Waals surface area (Å²) in [5.74, 6) is -0.890. The lowest BCUT2D eigenvalue weighted by Crippen LogP contribution is -2.42. The van der Waals surface area contributed by atoms with Gasteiger partial charge in [0.1, 0.15) is 18.8 Å². The molecule has 0 bridgehead atoms. The maximum atomic E-state index is 12.7. The largest absolute Gasteiger partial charge is 0.459 e. The van der Waals surface area contributed by atoms with Crippen molar-refractivity contribution in [1.82, 2.24) is 4.90 Å². The van der Waals surface area contributed by atoms with E-state index in [0.29, 0.717) is 25.8 Å². The molecular weight excluding hydrogens is 413 g/mol. The third-order valence-electron chi connectivity index (χ3n) is 5.52. The van der Waals surface area contributed by atoms with Gasteiger partial charge in [-0.2, -0.15) is 0 Å². The smallest absolute Gasteiger partial charge is 0.329 e. The minimum absolute atomic E-state index is 0.114. The second-order valence-corrected chi connectivity index (χ2v) is 10.5. The number of benzene rings is 2. The molecule has 2 aromatic rings. The van der Waals surface area contributed by atoms with Crippen LogP contribution in [-0.2, 0) is 31.9 Å². The highest BCUT2D eigenvalue weighted by Gasteiger charge is 2.37. The number of likely N-dealkylation sites (tertiary alicyclic amines) is 1. The molecule has 1 N–H and O–H groups in total. The van der Waals surface area contributed by atoms with Crippen LogP contribution in [0.1, 0.15) is 36.8 Å². The number of aryl methyl sites for hydroxylation is 1. The maximum absolute atomic E-state index is 12.7. The van der Waals surface area contributed by atoms with Gasteiger partial charge in [-0.15, -0.1) is 0 Å². The SMILES string of the molecule is O=C(OCc1ccccc1)[C@@H]1CCCN1C(=O)CP(=O)(O)CCCCc1ccccc1. The molecule has 1 fully saturated rings. The summed E-state index contributed by atoms with van der Waals surface area (Å²) < 4.78 is 18.0. The van der Waals surface area contributed by atoms with Gasteiger partial charge in [-0.05, 0) is 43.2 Å². The Bertz CT molecular complexity index is 903. The van der Waals surface area contributed by atoms with Crippen LogP contribution in [0.2, 0.25) is 0 Å². The predicted molar refractivity (Wildman–Crippen MR) is 120 cm³/mol. The lowest BCUT2D eigenvalue weighted by Gasteiger charge is -2.24. The molecule has 1 aliphatic rings. The highest BCUT2D eigenvalue weighted by Crippen LogP contribution is 2.42. The first kappa shape index (κ1) is 23.2. The van der Waals surface area contributed by atoms with E-state index in [4.69, 9.17) is 4.74 Å². The first-order chi connectivity index (χ1) is 14.9. The standard InChI is InChI=1S/C24H30NO5P/c26-23(19-31(28,29)17-8-7-12-20-10-3-1-4-11-20)25-16-9-15-22(25)24(27)30-18-21-13-5-2-6-14-21/h1-6,10-11,13-14,22H,7-9,12,15-19H2,(H,28,29)/t22-/m0/s1. The Balaban J connectivity index is 1.45. The zero-order chi connectivity index (χ0) is 22.1. The summed E-state index contributed by atoms with van der Waals surface area (Å²) in [5.41, 5.74) is 2.07. The number of hydrogen-bond acceptors (Lipinski definition) is 4. The normalized spacial score (nSPS) is 17.8. The van der Waals surface area contributed by atoms with Crippen molar-refractivity contribution >= 4 is 19.2 Å². The van der Waals surface area contributed by atoms with Gasteiger partial charge in [0.25, 0.3) is 0 Å². The Morgan fingerprint density at radius 1 is 1.00 bits per heavy atom. The number of nitrogens with zero attached hydrogens (tertiary/aromatic N) is 1. The lowest BCUT2D eigenvalue weighted by molar-refractivity contribution is -0.154. The highest BCUT2D eigenvalue weighted by atomic mass is 31.2. The molecule has 0 aliphatic carbocycles. The van der Waals surface area contributed by atoms with Crippen LogP contribution in [0.5, 0.6) is 0 Å². The Morgan fingerprint density at radius 3 is 2.32 bits per heavy atom. The molecule has 0 aromatic heterocycles. The zero-order valence-corrected chi connectivity index (χ0v) is 18.6. The van der Waals surface area contributed by atoms with Gasteiger partial charge in [-0.25, -0.2) is 4.79 Å². The quantitative estimate of drug-likeness (QED) is 0.341. The molecule has 0 spiro atoms. The summed E-state index contributed by atoms with van der Waals surface area (Å²) in [5, 5.41) is 0. The second-order valence-electron chi connectivity index (χ2n) is 8.01. The molecule has 3 rings (SSSR count). The Hall–Kier alpha value is -2.43. The van der Waals surface area contributed by atoms with Gasteiger partial charge >= 0.3 is 5.97 Å². The lowest BCUT2D eigenvalue weighted by atomic mass is 10.1. The summed E-state index contributed by atoms with van der Waals surface area (Å²) >= 11 is 0. The van der Waals surface area contributed by atoms with E-state index in [9.17, 15) is 19.0 Å². The van der Waals surface area contributed by atoms with E-state index in [0.717, 1.165) is 18.4 Å². The molecule has 0 radical (unpaired) electrons. The van der Waals surface area contributed by atoms with Gasteiger partial charge in [-0.3, -0.25) is 9.36 Å². The van der Waals surface area contributed by atoms with E-state index in [1.165, 1.54) is 10.5 Å². The summed E-state index contributed by atoms with van der Waals surface area (Å²) in [4.78, 5) is 36.9. The summed E-state index contributed by atoms with van der Waals surface area (Å²) in [6.45, 7) is 0.566. The monoisotopic (exact) mass is 443 g/mol. The molecule has 2 atom stereocenters. The fourth-order valence-electron chi connectivity index (χ4n) is 3.85. The third-order valence-corrected chi connectivity index (χ3v) is 7.30. The molecule has 1 unspecified atom stereocenters. The molecule has 6 nitrogen and oxygen atoms in total. The minimum atomic E-state index is -3.59. The summed E-state index contributed by atoms with van der Waals surface area (Å²) in [6, 6.07) is 18.7. The van der Waals surface area contributed by atoms with Gasteiger partial charge in [0.05, 0.1) is 0 Å². The van der Waals surface area contributed by atoms with Gasteiger partial charge < -0.3 is 14.5 Å². The molecule has 2 aromatic carbocycles. The van der Waals surface area contributed by atoms with Crippen LogP contribution in [0.15, 0.2) is 60.7 Å². The van der Waals surface area contributed by atoms with Crippen LogP contribution in [0.25, 0.3) is 0 Å². The van der Waals surface area contributed by atoms with Crippen molar-refractivity contribution in [3.8, 4) is 0 Å². The molecule has 7 heteroatoms. The Kier molecular flexibility index (Phi) is 8.44. The molecule has 1 aliphatic heterocycles. The summed E-state index contributed by atoms with van der Waals surface area (Å²) in [7, 11) is -3.59. The average Bonchev–Trinajstić information content (AvgIpc) is 3.27. The first-order valence-electron chi connectivity index (χ1n) is 10.8. The number of amides is 1. The predicted octanol–water partition coefficient (Wildman–Crippen LogP) is 4.01. The topological polar surface area (TPSA) is 83.9 Å². The first-order valence-corrected chi connectivity index (χ1v) is 12.8. The number of carbonyl (C=O) groups is 2. The number of ether oxygens (including phenoxy) is 1. The van der Waals surface area contributed by atoms with Crippen LogP contribution in [-0.4, -0.2) is 46.6 Å². The van der Waals surface area contributed by atoms with Gasteiger partial charge in [0.2, 0.25) is 13.3 Å². The van der Waals surface area contributed by atoms with Crippen molar-refractivity contribution in [2.75, 3.05) is 18.9 Å². The Labute approximate surface area is 183 Å². The van der Waals surface area contributed by atoms with Crippen LogP contribution < -0.4 is 0 Å². The molecule has 0 saturated carbocycles. The number of rotatable bonds is 10. The van der Waals surface area contributed by atoms with E-state index >= 15 is 0 Å². The van der Waals surface area contributed by atoms with Crippen molar-refractivity contribution in [3.05, 3.63) is 71.8 Å². The fourth-order valence-corrected chi connectivity index (χ4v) is 5.33. The van der Waals surface area contributed by atoms with Crippen molar-refractivity contribution in [3.63, 3.8) is 0 Å². The molecular formula is C24H30NO5P. The van der Waals surface area contributed by atoms with Crippen LogP contribution in [0.3, 0.4) is 0 Å².